The highest BCUT2D eigenvalue weighted by molar-refractivity contribution is 5.90. The smallest absolute Gasteiger partial charge is 0.332 e. The normalized spacial score (nSPS) is 26.9. The van der Waals surface area contributed by atoms with Gasteiger partial charge in [0.15, 0.2) is 0 Å². The van der Waals surface area contributed by atoms with Crippen LogP contribution in [0.15, 0.2) is 29.8 Å². The summed E-state index contributed by atoms with van der Waals surface area (Å²) in [5.41, 5.74) is 3.78. The fraction of sp³-hybridized carbons (Fsp3) is 0.471. The van der Waals surface area contributed by atoms with Crippen LogP contribution in [0.3, 0.4) is 0 Å². The number of carboxylic acids is 1. The molecule has 0 fully saturated rings. The Bertz CT molecular complexity index is 542. The third-order valence-corrected chi connectivity index (χ3v) is 4.51. The lowest BCUT2D eigenvalue weighted by Gasteiger charge is -2.38. The summed E-state index contributed by atoms with van der Waals surface area (Å²) < 4.78 is 0. The molecule has 0 radical (unpaired) electrons. The Labute approximate surface area is 115 Å². The number of aryl methyl sites for hydroxylation is 1. The lowest BCUT2D eigenvalue weighted by Crippen LogP contribution is -2.35. The predicted octanol–water partition coefficient (Wildman–Crippen LogP) is 4.00. The van der Waals surface area contributed by atoms with Gasteiger partial charge in [0, 0.05) is 11.0 Å². The summed E-state index contributed by atoms with van der Waals surface area (Å²) in [6.45, 7) is 8.44. The summed E-state index contributed by atoms with van der Waals surface area (Å²) >= 11 is 0. The molecule has 1 N–H and O–H groups in total. The second-order valence-corrected chi connectivity index (χ2v) is 6.05. The Morgan fingerprint density at radius 3 is 2.68 bits per heavy atom. The van der Waals surface area contributed by atoms with Crippen molar-refractivity contribution >= 4 is 5.97 Å². The van der Waals surface area contributed by atoms with E-state index >= 15 is 0 Å². The Balaban J connectivity index is 2.61. The molecule has 102 valence electrons. The Morgan fingerprint density at radius 1 is 1.37 bits per heavy atom. The van der Waals surface area contributed by atoms with Crippen LogP contribution in [0, 0.1) is 19.8 Å². The van der Waals surface area contributed by atoms with E-state index in [0.29, 0.717) is 11.5 Å². The predicted molar refractivity (Wildman–Crippen MR) is 77.4 cm³/mol. The number of carboxylic acid groups (broad SMARTS) is 1. The summed E-state index contributed by atoms with van der Waals surface area (Å²) in [6, 6.07) is 6.19. The number of aliphatic carboxylic acids is 1. The highest BCUT2D eigenvalue weighted by Crippen LogP contribution is 2.44. The minimum atomic E-state index is -0.782. The SMILES string of the molecule is Cc1cccc(C2(C)CC(C)CC=C2C(=O)O)c1C. The molecule has 19 heavy (non-hydrogen) atoms. The molecule has 1 aromatic rings. The summed E-state index contributed by atoms with van der Waals surface area (Å²) in [7, 11) is 0. The van der Waals surface area contributed by atoms with Gasteiger partial charge in [-0.1, -0.05) is 38.1 Å². The summed E-state index contributed by atoms with van der Waals surface area (Å²) in [5, 5.41) is 9.51. The standard InChI is InChI=1S/C17H22O2/c1-11-8-9-15(16(18)19)17(4,10-11)14-7-5-6-12(2)13(14)3/h5-7,9,11H,8,10H2,1-4H3,(H,18,19). The first kappa shape index (κ1) is 13.9. The van der Waals surface area contributed by atoms with E-state index in [1.165, 1.54) is 11.1 Å². The number of allylic oxidation sites excluding steroid dienone is 1. The largest absolute Gasteiger partial charge is 0.478 e. The van der Waals surface area contributed by atoms with Crippen molar-refractivity contribution in [3.63, 3.8) is 0 Å². The van der Waals surface area contributed by atoms with Crippen molar-refractivity contribution < 1.29 is 9.90 Å². The van der Waals surface area contributed by atoms with Gasteiger partial charge in [-0.15, -0.1) is 0 Å². The number of benzene rings is 1. The number of rotatable bonds is 2. The van der Waals surface area contributed by atoms with Crippen LogP contribution in [0.2, 0.25) is 0 Å². The Hall–Kier alpha value is -1.57. The van der Waals surface area contributed by atoms with Crippen molar-refractivity contribution in [3.05, 3.63) is 46.5 Å². The Kier molecular flexibility index (Phi) is 3.53. The summed E-state index contributed by atoms with van der Waals surface area (Å²) in [4.78, 5) is 11.6. The van der Waals surface area contributed by atoms with Gasteiger partial charge in [-0.3, -0.25) is 0 Å². The molecule has 1 aromatic carbocycles. The van der Waals surface area contributed by atoms with Crippen molar-refractivity contribution in [2.75, 3.05) is 0 Å². The average Bonchev–Trinajstić information content (AvgIpc) is 2.31. The van der Waals surface area contributed by atoms with E-state index < -0.39 is 5.97 Å². The van der Waals surface area contributed by atoms with Crippen LogP contribution in [0.4, 0.5) is 0 Å². The number of carbonyl (C=O) groups is 1. The Morgan fingerprint density at radius 2 is 2.05 bits per heavy atom. The molecule has 1 aliphatic carbocycles. The molecule has 0 saturated heterocycles. The van der Waals surface area contributed by atoms with Crippen molar-refractivity contribution in [1.82, 2.24) is 0 Å². The van der Waals surface area contributed by atoms with Gasteiger partial charge in [0.2, 0.25) is 0 Å². The molecule has 0 saturated carbocycles. The van der Waals surface area contributed by atoms with Crippen molar-refractivity contribution in [2.24, 2.45) is 5.92 Å². The van der Waals surface area contributed by atoms with E-state index in [1.807, 2.05) is 12.1 Å². The average molecular weight is 258 g/mol. The molecule has 0 heterocycles. The number of hydrogen-bond acceptors (Lipinski definition) is 1. The molecular weight excluding hydrogens is 236 g/mol. The lowest BCUT2D eigenvalue weighted by atomic mass is 9.65. The quantitative estimate of drug-likeness (QED) is 0.870. The van der Waals surface area contributed by atoms with Crippen molar-refractivity contribution in [2.45, 2.75) is 46.0 Å². The van der Waals surface area contributed by atoms with Crippen LogP contribution in [-0.2, 0) is 10.2 Å². The van der Waals surface area contributed by atoms with Crippen LogP contribution in [0.25, 0.3) is 0 Å². The maximum absolute atomic E-state index is 11.6. The van der Waals surface area contributed by atoms with Crippen LogP contribution in [0.5, 0.6) is 0 Å². The molecule has 0 aliphatic heterocycles. The molecule has 0 amide bonds. The molecule has 2 heteroatoms. The molecule has 2 nitrogen and oxygen atoms in total. The monoisotopic (exact) mass is 258 g/mol. The van der Waals surface area contributed by atoms with Gasteiger partial charge in [0.25, 0.3) is 0 Å². The van der Waals surface area contributed by atoms with E-state index in [4.69, 9.17) is 0 Å². The number of hydrogen-bond donors (Lipinski definition) is 1. The molecule has 2 unspecified atom stereocenters. The first-order chi connectivity index (χ1) is 8.86. The zero-order valence-electron chi connectivity index (χ0n) is 12.2. The third-order valence-electron chi connectivity index (χ3n) is 4.51. The minimum Gasteiger partial charge on any atom is -0.478 e. The molecular formula is C17H22O2. The second-order valence-electron chi connectivity index (χ2n) is 6.05. The molecule has 0 bridgehead atoms. The van der Waals surface area contributed by atoms with Crippen molar-refractivity contribution in [3.8, 4) is 0 Å². The topological polar surface area (TPSA) is 37.3 Å². The van der Waals surface area contributed by atoms with Crippen LogP contribution in [0.1, 0.15) is 43.4 Å². The second kappa shape index (κ2) is 4.84. The van der Waals surface area contributed by atoms with E-state index in [0.717, 1.165) is 18.4 Å². The minimum absolute atomic E-state index is 0.375. The molecule has 2 atom stereocenters. The van der Waals surface area contributed by atoms with Crippen LogP contribution >= 0.6 is 0 Å². The summed E-state index contributed by atoms with van der Waals surface area (Å²) in [5.74, 6) is -0.261. The third kappa shape index (κ3) is 2.32. The van der Waals surface area contributed by atoms with Gasteiger partial charge < -0.3 is 5.11 Å². The summed E-state index contributed by atoms with van der Waals surface area (Å²) in [6.07, 6.45) is 3.68. The van der Waals surface area contributed by atoms with Crippen molar-refractivity contribution in [1.29, 1.82) is 0 Å². The van der Waals surface area contributed by atoms with E-state index in [9.17, 15) is 9.90 Å². The highest BCUT2D eigenvalue weighted by atomic mass is 16.4. The first-order valence-electron chi connectivity index (χ1n) is 6.87. The van der Waals surface area contributed by atoms with Crippen LogP contribution < -0.4 is 0 Å². The lowest BCUT2D eigenvalue weighted by molar-refractivity contribution is -0.133. The fourth-order valence-corrected chi connectivity index (χ4v) is 3.36. The zero-order chi connectivity index (χ0) is 14.2. The van der Waals surface area contributed by atoms with E-state index in [-0.39, 0.29) is 5.41 Å². The zero-order valence-corrected chi connectivity index (χ0v) is 12.2. The van der Waals surface area contributed by atoms with Gasteiger partial charge in [-0.05, 0) is 49.3 Å². The molecule has 0 spiro atoms. The van der Waals surface area contributed by atoms with Crippen LogP contribution in [-0.4, -0.2) is 11.1 Å². The molecule has 2 rings (SSSR count). The highest BCUT2D eigenvalue weighted by Gasteiger charge is 2.39. The van der Waals surface area contributed by atoms with E-state index in [1.54, 1.807) is 0 Å². The first-order valence-corrected chi connectivity index (χ1v) is 6.87. The van der Waals surface area contributed by atoms with Gasteiger partial charge >= 0.3 is 5.97 Å². The maximum Gasteiger partial charge on any atom is 0.332 e. The van der Waals surface area contributed by atoms with Gasteiger partial charge in [-0.25, -0.2) is 4.79 Å². The van der Waals surface area contributed by atoms with Gasteiger partial charge in [-0.2, -0.15) is 0 Å². The van der Waals surface area contributed by atoms with Gasteiger partial charge in [0.05, 0.1) is 0 Å². The molecule has 1 aliphatic rings. The van der Waals surface area contributed by atoms with Gasteiger partial charge in [0.1, 0.15) is 0 Å². The van der Waals surface area contributed by atoms with E-state index in [2.05, 4.69) is 39.8 Å². The molecule has 0 aromatic heterocycles. The maximum atomic E-state index is 11.6. The fourth-order valence-electron chi connectivity index (χ4n) is 3.36.